The van der Waals surface area contributed by atoms with Crippen molar-refractivity contribution >= 4 is 17.1 Å². The van der Waals surface area contributed by atoms with Gasteiger partial charge >= 0.3 is 0 Å². The summed E-state index contributed by atoms with van der Waals surface area (Å²) in [6.45, 7) is 35.1. The summed E-state index contributed by atoms with van der Waals surface area (Å²) in [5, 5.41) is 0. The third-order valence-electron chi connectivity index (χ3n) is 19.3. The molecule has 0 saturated carbocycles. The highest BCUT2D eigenvalue weighted by atomic mass is 15.2. The molecule has 70 heavy (non-hydrogen) atoms. The molecule has 0 fully saturated rings. The van der Waals surface area contributed by atoms with Crippen LogP contribution in [0, 0.1) is 13.8 Å². The van der Waals surface area contributed by atoms with E-state index in [1.165, 1.54) is 136 Å². The molecule has 1 heteroatoms. The van der Waals surface area contributed by atoms with Crippen LogP contribution in [0.1, 0.15) is 188 Å². The van der Waals surface area contributed by atoms with Crippen LogP contribution in [0.5, 0.6) is 0 Å². The lowest BCUT2D eigenvalue weighted by Gasteiger charge is -2.48. The Labute approximate surface area is 420 Å². The zero-order valence-electron chi connectivity index (χ0n) is 44.8. The second-order valence-electron chi connectivity index (χ2n) is 26.5. The summed E-state index contributed by atoms with van der Waals surface area (Å²) in [6, 6.07) is 50.9. The third kappa shape index (κ3) is 6.08. The van der Waals surface area contributed by atoms with E-state index in [1.807, 2.05) is 0 Å². The molecule has 7 aromatic rings. The number of hydrogen-bond acceptors (Lipinski definition) is 1. The van der Waals surface area contributed by atoms with E-state index >= 15 is 0 Å². The molecule has 0 atom stereocenters. The van der Waals surface area contributed by atoms with Crippen LogP contribution in [0.2, 0.25) is 0 Å². The highest BCUT2D eigenvalue weighted by Gasteiger charge is 2.53. The molecule has 12 rings (SSSR count). The molecule has 1 nitrogen and oxygen atoms in total. The Morgan fingerprint density at radius 2 is 0.657 bits per heavy atom. The van der Waals surface area contributed by atoms with Crippen LogP contribution in [-0.2, 0) is 37.9 Å². The Bertz CT molecular complexity index is 3230. The zero-order chi connectivity index (χ0) is 49.3. The second-order valence-corrected chi connectivity index (χ2v) is 26.5. The van der Waals surface area contributed by atoms with Gasteiger partial charge in [-0.25, -0.2) is 0 Å². The first-order valence-electron chi connectivity index (χ1n) is 26.7. The SMILES string of the molecule is Cc1ccc2c(c1N(c1cc3c(cc1-c1cccc4c1C(C)(C)CCC4(C)C)-c1ccccc1C31c3ccccc3-c3ccccc31)c1c(C)ccc3c1C(C)(C)CCC3(C)C)C(C)(C)CCC2(C)C. The lowest BCUT2D eigenvalue weighted by atomic mass is 9.61. The summed E-state index contributed by atoms with van der Waals surface area (Å²) < 4.78 is 0. The van der Waals surface area contributed by atoms with Gasteiger partial charge in [-0.05, 0) is 192 Å². The van der Waals surface area contributed by atoms with Gasteiger partial charge in [-0.3, -0.25) is 0 Å². The fourth-order valence-corrected chi connectivity index (χ4v) is 15.1. The van der Waals surface area contributed by atoms with Crippen molar-refractivity contribution < 1.29 is 0 Å². The van der Waals surface area contributed by atoms with Crippen LogP contribution in [0.4, 0.5) is 17.1 Å². The number of hydrogen-bond donors (Lipinski definition) is 0. The van der Waals surface area contributed by atoms with Gasteiger partial charge in [-0.1, -0.05) is 198 Å². The molecule has 0 amide bonds. The minimum Gasteiger partial charge on any atom is -0.309 e. The monoisotopic (exact) mass is 918 g/mol. The first-order chi connectivity index (χ1) is 33.0. The lowest BCUT2D eigenvalue weighted by molar-refractivity contribution is 0.331. The largest absolute Gasteiger partial charge is 0.309 e. The summed E-state index contributed by atoms with van der Waals surface area (Å²) in [6.07, 6.45) is 6.94. The van der Waals surface area contributed by atoms with Crippen LogP contribution < -0.4 is 4.90 Å². The molecule has 5 aliphatic rings. The lowest BCUT2D eigenvalue weighted by Crippen LogP contribution is -2.38. The number of benzene rings is 7. The molecule has 0 N–H and O–H groups in total. The summed E-state index contributed by atoms with van der Waals surface area (Å²) >= 11 is 0. The first kappa shape index (κ1) is 45.5. The van der Waals surface area contributed by atoms with Crippen molar-refractivity contribution in [3.63, 3.8) is 0 Å². The topological polar surface area (TPSA) is 3.24 Å². The molecule has 0 unspecified atom stereocenters. The van der Waals surface area contributed by atoms with E-state index in [0.717, 1.165) is 19.3 Å². The average Bonchev–Trinajstić information content (AvgIpc) is 3.78. The van der Waals surface area contributed by atoms with E-state index in [2.05, 4.69) is 229 Å². The van der Waals surface area contributed by atoms with Crippen molar-refractivity contribution in [2.75, 3.05) is 4.90 Å². The Kier molecular flexibility index (Phi) is 9.56. The van der Waals surface area contributed by atoms with Crippen LogP contribution in [-0.4, -0.2) is 0 Å². The van der Waals surface area contributed by atoms with E-state index in [-0.39, 0.29) is 32.5 Å². The number of aryl methyl sites for hydroxylation is 2. The maximum absolute atomic E-state index is 2.91. The van der Waals surface area contributed by atoms with Gasteiger partial charge in [-0.15, -0.1) is 0 Å². The summed E-state index contributed by atoms with van der Waals surface area (Å²) in [5.74, 6) is 0. The van der Waals surface area contributed by atoms with Crippen molar-refractivity contribution in [2.24, 2.45) is 0 Å². The number of rotatable bonds is 4. The third-order valence-corrected chi connectivity index (χ3v) is 19.3. The maximum Gasteiger partial charge on any atom is 0.0726 e. The molecule has 0 aliphatic heterocycles. The molecule has 0 bridgehead atoms. The van der Waals surface area contributed by atoms with Gasteiger partial charge in [0.1, 0.15) is 0 Å². The number of fused-ring (bicyclic) bond motifs is 13. The van der Waals surface area contributed by atoms with Crippen molar-refractivity contribution in [1.82, 2.24) is 0 Å². The van der Waals surface area contributed by atoms with E-state index in [9.17, 15) is 0 Å². The van der Waals surface area contributed by atoms with Gasteiger partial charge < -0.3 is 4.90 Å². The molecular formula is C69H75N. The van der Waals surface area contributed by atoms with Crippen LogP contribution in [0.25, 0.3) is 33.4 Å². The summed E-state index contributed by atoms with van der Waals surface area (Å²) in [5.41, 5.74) is 29.0. The Balaban J connectivity index is 1.33. The van der Waals surface area contributed by atoms with E-state index in [0.29, 0.717) is 0 Å². The molecule has 7 aromatic carbocycles. The van der Waals surface area contributed by atoms with E-state index in [1.54, 1.807) is 0 Å². The fraction of sp³-hybridized carbons (Fsp3) is 0.391. The van der Waals surface area contributed by atoms with Gasteiger partial charge in [0.15, 0.2) is 0 Å². The molecule has 0 aromatic heterocycles. The fourth-order valence-electron chi connectivity index (χ4n) is 15.1. The molecule has 356 valence electrons. The van der Waals surface area contributed by atoms with Gasteiger partial charge in [0.2, 0.25) is 0 Å². The average molecular weight is 918 g/mol. The molecule has 0 radical (unpaired) electrons. The second kappa shape index (κ2) is 14.7. The van der Waals surface area contributed by atoms with Crippen LogP contribution in [0.3, 0.4) is 0 Å². The molecule has 1 spiro atoms. The van der Waals surface area contributed by atoms with Gasteiger partial charge in [0, 0.05) is 5.56 Å². The van der Waals surface area contributed by atoms with Gasteiger partial charge in [-0.2, -0.15) is 0 Å². The Morgan fingerprint density at radius 3 is 1.11 bits per heavy atom. The van der Waals surface area contributed by atoms with Crippen LogP contribution >= 0.6 is 0 Å². The quantitative estimate of drug-likeness (QED) is 0.170. The normalized spacial score (nSPS) is 20.3. The zero-order valence-corrected chi connectivity index (χ0v) is 44.8. The van der Waals surface area contributed by atoms with Gasteiger partial charge in [0.25, 0.3) is 0 Å². The van der Waals surface area contributed by atoms with E-state index < -0.39 is 5.41 Å². The Hall–Kier alpha value is -5.66. The highest BCUT2D eigenvalue weighted by Crippen LogP contribution is 2.66. The number of anilines is 3. The standard InChI is InChI=1S/C69H75N/c1-42-30-32-54-59(67(11,12)38-35-64(54,5)6)61(42)70(62-43(2)31-33-55-60(62)68(13,14)39-36-65(55,7)8)57-41-56-48(40-49(57)47-25-21-29-53-58(47)66(9,10)37-34-63(53,3)4)46-24-17-20-28-52(46)69(56)50-26-18-15-22-44(50)45-23-16-19-27-51(45)69/h15-33,40-41H,34-39H2,1-14H3. The van der Waals surface area contributed by atoms with Gasteiger partial charge in [0.05, 0.1) is 22.5 Å². The predicted octanol–water partition coefficient (Wildman–Crippen LogP) is 18.8. The van der Waals surface area contributed by atoms with E-state index in [4.69, 9.17) is 0 Å². The van der Waals surface area contributed by atoms with Crippen molar-refractivity contribution in [1.29, 1.82) is 0 Å². The predicted molar refractivity (Wildman–Crippen MR) is 298 cm³/mol. The maximum atomic E-state index is 2.91. The van der Waals surface area contributed by atoms with Crippen molar-refractivity contribution in [3.05, 3.63) is 194 Å². The first-order valence-corrected chi connectivity index (χ1v) is 26.7. The van der Waals surface area contributed by atoms with Crippen LogP contribution in [0.15, 0.2) is 127 Å². The Morgan fingerprint density at radius 1 is 0.300 bits per heavy atom. The smallest absolute Gasteiger partial charge is 0.0726 e. The molecular weight excluding hydrogens is 843 g/mol. The minimum atomic E-state index is -0.492. The molecule has 0 heterocycles. The number of nitrogens with zero attached hydrogens (tertiary/aromatic N) is 1. The van der Waals surface area contributed by atoms with Crippen molar-refractivity contribution in [2.45, 2.75) is 173 Å². The highest BCUT2D eigenvalue weighted by molar-refractivity contribution is 6.02. The minimum absolute atomic E-state index is 0.0211. The molecule has 0 saturated heterocycles. The summed E-state index contributed by atoms with van der Waals surface area (Å²) in [4.78, 5) is 2.91. The molecule has 5 aliphatic carbocycles. The van der Waals surface area contributed by atoms with Crippen molar-refractivity contribution in [3.8, 4) is 33.4 Å². The summed E-state index contributed by atoms with van der Waals surface area (Å²) in [7, 11) is 0.